The fraction of sp³-hybridized carbons (Fsp3) is 0.263. The van der Waals surface area contributed by atoms with Crippen LogP contribution in [0.2, 0.25) is 10.0 Å². The number of para-hydroxylation sites is 1. The minimum Gasteiger partial charge on any atom is -0.496 e. The van der Waals surface area contributed by atoms with Gasteiger partial charge in [-0.05, 0) is 30.7 Å². The Morgan fingerprint density at radius 3 is 2.52 bits per heavy atom. The third-order valence-electron chi connectivity index (χ3n) is 3.79. The summed E-state index contributed by atoms with van der Waals surface area (Å²) in [5, 5.41) is 10.4. The second-order valence-corrected chi connectivity index (χ2v) is 6.07. The highest BCUT2D eigenvalue weighted by atomic mass is 35.5. The van der Waals surface area contributed by atoms with Gasteiger partial charge in [-0.15, -0.1) is 0 Å². The van der Waals surface area contributed by atoms with Crippen molar-refractivity contribution in [3.05, 3.63) is 63.6 Å². The maximum absolute atomic E-state index is 12.4. The number of hydrogen-bond donors (Lipinski definition) is 0. The van der Waals surface area contributed by atoms with Gasteiger partial charge in [0.15, 0.2) is 5.92 Å². The molecule has 2 aromatic rings. The number of carbonyl (C=O) groups excluding carboxylic acids is 1. The van der Waals surface area contributed by atoms with Gasteiger partial charge in [-0.25, -0.2) is 0 Å². The number of methoxy groups -OCH3 is 1. The molecule has 4 nitrogen and oxygen atoms in total. The molecule has 0 unspecified atom stereocenters. The monoisotopic (exact) mass is 377 g/mol. The highest BCUT2D eigenvalue weighted by Gasteiger charge is 2.34. The van der Waals surface area contributed by atoms with Crippen LogP contribution in [0.15, 0.2) is 42.5 Å². The Morgan fingerprint density at radius 1 is 1.20 bits per heavy atom. The van der Waals surface area contributed by atoms with E-state index >= 15 is 0 Å². The molecule has 0 aliphatic carbocycles. The van der Waals surface area contributed by atoms with Crippen LogP contribution in [0.4, 0.5) is 0 Å². The lowest BCUT2D eigenvalue weighted by Gasteiger charge is -2.24. The summed E-state index contributed by atoms with van der Waals surface area (Å²) in [6.07, 6.45) is 0. The van der Waals surface area contributed by atoms with Crippen LogP contribution < -0.4 is 4.74 Å². The largest absolute Gasteiger partial charge is 0.496 e. The number of rotatable bonds is 6. The lowest BCUT2D eigenvalue weighted by Crippen LogP contribution is -2.24. The first-order valence-electron chi connectivity index (χ1n) is 7.67. The summed E-state index contributed by atoms with van der Waals surface area (Å²) in [5.74, 6) is -1.67. The van der Waals surface area contributed by atoms with E-state index in [-0.39, 0.29) is 6.61 Å². The van der Waals surface area contributed by atoms with E-state index in [1.54, 1.807) is 31.2 Å². The van der Waals surface area contributed by atoms with Gasteiger partial charge in [-0.2, -0.15) is 5.26 Å². The predicted molar refractivity (Wildman–Crippen MR) is 97.0 cm³/mol. The molecular formula is C19H17Cl2NO3. The Labute approximate surface area is 156 Å². The fourth-order valence-electron chi connectivity index (χ4n) is 2.68. The first-order valence-corrected chi connectivity index (χ1v) is 8.43. The quantitative estimate of drug-likeness (QED) is 0.675. The van der Waals surface area contributed by atoms with Crippen molar-refractivity contribution in [2.75, 3.05) is 13.7 Å². The molecule has 0 N–H and O–H groups in total. The molecule has 0 aliphatic heterocycles. The van der Waals surface area contributed by atoms with E-state index in [1.165, 1.54) is 7.11 Å². The third-order valence-corrected chi connectivity index (χ3v) is 4.53. The molecule has 2 rings (SSSR count). The van der Waals surface area contributed by atoms with Crippen molar-refractivity contribution < 1.29 is 14.3 Å². The number of nitriles is 1. The highest BCUT2D eigenvalue weighted by molar-refractivity contribution is 6.42. The number of carbonyl (C=O) groups is 1. The van der Waals surface area contributed by atoms with Gasteiger partial charge >= 0.3 is 5.97 Å². The standard InChI is InChI=1S/C19H17Cl2NO3/c1-3-25-19(23)14(11-22)18(12-8-9-15(20)16(21)10-12)13-6-4-5-7-17(13)24-2/h4-10,14,18H,3H2,1-2H3/t14-,18-/m1/s1. The number of nitrogens with zero attached hydrogens (tertiary/aromatic N) is 1. The molecule has 0 aliphatic rings. The Kier molecular flexibility index (Phi) is 6.69. The van der Waals surface area contributed by atoms with Crippen molar-refractivity contribution in [1.29, 1.82) is 5.26 Å². The molecule has 0 spiro atoms. The van der Waals surface area contributed by atoms with Crippen LogP contribution in [0, 0.1) is 17.2 Å². The lowest BCUT2D eigenvalue weighted by atomic mass is 9.81. The van der Waals surface area contributed by atoms with Gasteiger partial charge < -0.3 is 9.47 Å². The Balaban J connectivity index is 2.64. The zero-order valence-electron chi connectivity index (χ0n) is 13.8. The second-order valence-electron chi connectivity index (χ2n) is 5.25. The second kappa shape index (κ2) is 8.75. The molecule has 130 valence electrons. The predicted octanol–water partition coefficient (Wildman–Crippen LogP) is 4.84. The zero-order valence-corrected chi connectivity index (χ0v) is 15.3. The number of ether oxygens (including phenoxy) is 2. The summed E-state index contributed by atoms with van der Waals surface area (Å²) in [6, 6.07) is 14.3. The summed E-state index contributed by atoms with van der Waals surface area (Å²) in [7, 11) is 1.54. The van der Waals surface area contributed by atoms with Gasteiger partial charge in [0.05, 0.1) is 29.8 Å². The van der Waals surface area contributed by atoms with E-state index < -0.39 is 17.8 Å². The molecule has 2 atom stereocenters. The fourth-order valence-corrected chi connectivity index (χ4v) is 2.98. The molecule has 0 saturated heterocycles. The van der Waals surface area contributed by atoms with Crippen LogP contribution in [0.5, 0.6) is 5.75 Å². The van der Waals surface area contributed by atoms with Crippen LogP contribution in [-0.4, -0.2) is 19.7 Å². The molecule has 6 heteroatoms. The van der Waals surface area contributed by atoms with Crippen LogP contribution in [-0.2, 0) is 9.53 Å². The minimum absolute atomic E-state index is 0.191. The summed E-state index contributed by atoms with van der Waals surface area (Å²) >= 11 is 12.1. The topological polar surface area (TPSA) is 59.3 Å². The van der Waals surface area contributed by atoms with Crippen LogP contribution in [0.25, 0.3) is 0 Å². The van der Waals surface area contributed by atoms with E-state index in [9.17, 15) is 10.1 Å². The van der Waals surface area contributed by atoms with Gasteiger partial charge in [-0.1, -0.05) is 47.5 Å². The first-order chi connectivity index (χ1) is 12.0. The molecule has 0 saturated carbocycles. The van der Waals surface area contributed by atoms with Crippen molar-refractivity contribution in [2.45, 2.75) is 12.8 Å². The molecule has 0 bridgehead atoms. The zero-order chi connectivity index (χ0) is 18.4. The highest BCUT2D eigenvalue weighted by Crippen LogP contribution is 2.39. The average molecular weight is 378 g/mol. The van der Waals surface area contributed by atoms with Crippen molar-refractivity contribution in [2.24, 2.45) is 5.92 Å². The van der Waals surface area contributed by atoms with Gasteiger partial charge in [0.2, 0.25) is 0 Å². The van der Waals surface area contributed by atoms with E-state index in [4.69, 9.17) is 32.7 Å². The first kappa shape index (κ1) is 19.1. The van der Waals surface area contributed by atoms with Crippen LogP contribution >= 0.6 is 23.2 Å². The van der Waals surface area contributed by atoms with E-state index in [0.29, 0.717) is 26.9 Å². The summed E-state index contributed by atoms with van der Waals surface area (Å²) in [4.78, 5) is 12.4. The molecule has 0 aromatic heterocycles. The summed E-state index contributed by atoms with van der Waals surface area (Å²) in [6.45, 7) is 1.89. The lowest BCUT2D eigenvalue weighted by molar-refractivity contribution is -0.146. The molecular weight excluding hydrogens is 361 g/mol. The maximum atomic E-state index is 12.4. The van der Waals surface area contributed by atoms with Crippen molar-refractivity contribution in [3.8, 4) is 11.8 Å². The normalized spacial score (nSPS) is 12.8. The summed E-state index contributed by atoms with van der Waals surface area (Å²) in [5.41, 5.74) is 1.38. The Morgan fingerprint density at radius 2 is 1.92 bits per heavy atom. The maximum Gasteiger partial charge on any atom is 0.324 e. The minimum atomic E-state index is -1.05. The van der Waals surface area contributed by atoms with E-state index in [2.05, 4.69) is 6.07 Å². The summed E-state index contributed by atoms with van der Waals surface area (Å²) < 4.78 is 10.5. The van der Waals surface area contributed by atoms with Crippen molar-refractivity contribution in [1.82, 2.24) is 0 Å². The third kappa shape index (κ3) is 4.25. The number of esters is 1. The van der Waals surface area contributed by atoms with Gasteiger partial charge in [0, 0.05) is 11.5 Å². The van der Waals surface area contributed by atoms with Crippen molar-refractivity contribution in [3.63, 3.8) is 0 Å². The van der Waals surface area contributed by atoms with Crippen molar-refractivity contribution >= 4 is 29.2 Å². The van der Waals surface area contributed by atoms with E-state index in [0.717, 1.165) is 0 Å². The number of benzene rings is 2. The average Bonchev–Trinajstić information content (AvgIpc) is 2.62. The molecule has 25 heavy (non-hydrogen) atoms. The van der Waals surface area contributed by atoms with Crippen LogP contribution in [0.1, 0.15) is 24.0 Å². The molecule has 0 fully saturated rings. The van der Waals surface area contributed by atoms with E-state index in [1.807, 2.05) is 18.2 Å². The van der Waals surface area contributed by atoms with Gasteiger partial charge in [-0.3, -0.25) is 4.79 Å². The SMILES string of the molecule is CCOC(=O)[C@H](C#N)[C@H](c1ccc(Cl)c(Cl)c1)c1ccccc1OC. The molecule has 2 aromatic carbocycles. The van der Waals surface area contributed by atoms with Gasteiger partial charge in [0.1, 0.15) is 5.75 Å². The smallest absolute Gasteiger partial charge is 0.324 e. The Bertz CT molecular complexity index is 801. The number of hydrogen-bond acceptors (Lipinski definition) is 4. The number of halogens is 2. The molecule has 0 heterocycles. The van der Waals surface area contributed by atoms with Gasteiger partial charge in [0.25, 0.3) is 0 Å². The molecule has 0 radical (unpaired) electrons. The molecule has 0 amide bonds. The Hall–Kier alpha value is -2.22. The van der Waals surface area contributed by atoms with Crippen LogP contribution in [0.3, 0.4) is 0 Å².